The summed E-state index contributed by atoms with van der Waals surface area (Å²) in [5, 5.41) is 11.9. The molecule has 1 aromatic carbocycles. The monoisotopic (exact) mass is 372 g/mol. The van der Waals surface area contributed by atoms with Gasteiger partial charge in [0.2, 0.25) is 0 Å². The number of rotatable bonds is 4. The van der Waals surface area contributed by atoms with Gasteiger partial charge in [0.05, 0.1) is 22.6 Å². The van der Waals surface area contributed by atoms with E-state index in [0.29, 0.717) is 12.2 Å². The molecule has 8 heteroatoms. The van der Waals surface area contributed by atoms with Gasteiger partial charge in [-0.25, -0.2) is 9.07 Å². The van der Waals surface area contributed by atoms with Crippen molar-refractivity contribution < 1.29 is 4.39 Å². The number of hydrogen-bond donors (Lipinski definition) is 1. The highest BCUT2D eigenvalue weighted by molar-refractivity contribution is 6.30. The van der Waals surface area contributed by atoms with Gasteiger partial charge in [-0.05, 0) is 29.8 Å². The molecule has 1 N–H and O–H groups in total. The maximum absolute atomic E-state index is 13.3. The molecule has 1 aliphatic rings. The lowest BCUT2D eigenvalue weighted by Crippen LogP contribution is -2.45. The second-order valence-corrected chi connectivity index (χ2v) is 6.64. The number of nitrogens with one attached hydrogen (secondary N) is 1. The number of halogens is 2. The van der Waals surface area contributed by atoms with E-state index in [1.807, 2.05) is 18.5 Å². The van der Waals surface area contributed by atoms with E-state index in [2.05, 4.69) is 31.6 Å². The third-order valence-corrected chi connectivity index (χ3v) is 4.79. The SMILES string of the molecule is Fc1ccc(-n2cc(CN3CCNCC3c3cccnc3)nn2)cc1Cl. The highest BCUT2D eigenvalue weighted by Gasteiger charge is 2.24. The van der Waals surface area contributed by atoms with Gasteiger partial charge >= 0.3 is 0 Å². The van der Waals surface area contributed by atoms with Crippen molar-refractivity contribution in [3.63, 3.8) is 0 Å². The number of pyridine rings is 1. The number of nitrogens with zero attached hydrogens (tertiary/aromatic N) is 5. The molecule has 1 fully saturated rings. The van der Waals surface area contributed by atoms with Gasteiger partial charge in [-0.2, -0.15) is 0 Å². The molecule has 3 heterocycles. The highest BCUT2D eigenvalue weighted by atomic mass is 35.5. The fraction of sp³-hybridized carbons (Fsp3) is 0.278. The van der Waals surface area contributed by atoms with Gasteiger partial charge in [-0.1, -0.05) is 22.9 Å². The van der Waals surface area contributed by atoms with E-state index in [-0.39, 0.29) is 11.1 Å². The molecule has 2 aromatic heterocycles. The van der Waals surface area contributed by atoms with Crippen LogP contribution in [-0.2, 0) is 6.54 Å². The predicted molar refractivity (Wildman–Crippen MR) is 96.6 cm³/mol. The normalized spacial score (nSPS) is 18.2. The van der Waals surface area contributed by atoms with Gasteiger partial charge in [-0.15, -0.1) is 5.10 Å². The number of piperazine rings is 1. The van der Waals surface area contributed by atoms with Crippen LogP contribution in [0, 0.1) is 5.82 Å². The number of benzene rings is 1. The number of hydrogen-bond acceptors (Lipinski definition) is 5. The lowest BCUT2D eigenvalue weighted by molar-refractivity contribution is 0.151. The van der Waals surface area contributed by atoms with E-state index in [9.17, 15) is 4.39 Å². The second kappa shape index (κ2) is 7.49. The molecule has 0 aliphatic carbocycles. The molecule has 0 amide bonds. The Balaban J connectivity index is 1.53. The average Bonchev–Trinajstić information content (AvgIpc) is 3.14. The summed E-state index contributed by atoms with van der Waals surface area (Å²) in [6.45, 7) is 3.39. The second-order valence-electron chi connectivity index (χ2n) is 6.23. The molecule has 0 saturated carbocycles. The zero-order valence-corrected chi connectivity index (χ0v) is 14.8. The molecule has 4 rings (SSSR count). The van der Waals surface area contributed by atoms with Gasteiger partial charge in [0, 0.05) is 44.6 Å². The summed E-state index contributed by atoms with van der Waals surface area (Å²) in [4.78, 5) is 6.59. The third-order valence-electron chi connectivity index (χ3n) is 4.50. The molecule has 26 heavy (non-hydrogen) atoms. The topological polar surface area (TPSA) is 58.9 Å². The van der Waals surface area contributed by atoms with Gasteiger partial charge < -0.3 is 5.32 Å². The van der Waals surface area contributed by atoms with Crippen LogP contribution < -0.4 is 5.32 Å². The first-order valence-electron chi connectivity index (χ1n) is 8.42. The van der Waals surface area contributed by atoms with Crippen LogP contribution in [-0.4, -0.2) is 44.5 Å². The summed E-state index contributed by atoms with van der Waals surface area (Å²) in [7, 11) is 0. The molecule has 1 aliphatic heterocycles. The Kier molecular flexibility index (Phi) is 4.92. The Morgan fingerprint density at radius 3 is 3.04 bits per heavy atom. The summed E-state index contributed by atoms with van der Waals surface area (Å²) < 4.78 is 15.0. The minimum atomic E-state index is -0.448. The fourth-order valence-electron chi connectivity index (χ4n) is 3.17. The first-order valence-corrected chi connectivity index (χ1v) is 8.80. The van der Waals surface area contributed by atoms with Crippen LogP contribution in [0.15, 0.2) is 48.9 Å². The summed E-state index contributed by atoms with van der Waals surface area (Å²) in [5.74, 6) is -0.448. The number of aromatic nitrogens is 4. The molecule has 1 unspecified atom stereocenters. The maximum Gasteiger partial charge on any atom is 0.141 e. The van der Waals surface area contributed by atoms with Crippen molar-refractivity contribution in [3.8, 4) is 5.69 Å². The predicted octanol–water partition coefficient (Wildman–Crippen LogP) is 2.60. The zero-order valence-electron chi connectivity index (χ0n) is 14.0. The molecule has 134 valence electrons. The molecule has 3 aromatic rings. The minimum Gasteiger partial charge on any atom is -0.314 e. The summed E-state index contributed by atoms with van der Waals surface area (Å²) in [6.07, 6.45) is 5.54. The van der Waals surface area contributed by atoms with E-state index in [0.717, 1.165) is 25.3 Å². The lowest BCUT2D eigenvalue weighted by Gasteiger charge is -2.35. The lowest BCUT2D eigenvalue weighted by atomic mass is 10.1. The Labute approximate surface area is 155 Å². The van der Waals surface area contributed by atoms with Crippen molar-refractivity contribution in [2.75, 3.05) is 19.6 Å². The fourth-order valence-corrected chi connectivity index (χ4v) is 3.34. The van der Waals surface area contributed by atoms with Crippen molar-refractivity contribution in [3.05, 3.63) is 71.0 Å². The van der Waals surface area contributed by atoms with Crippen LogP contribution in [0.5, 0.6) is 0 Å². The van der Waals surface area contributed by atoms with E-state index in [1.165, 1.54) is 11.6 Å². The highest BCUT2D eigenvalue weighted by Crippen LogP contribution is 2.23. The van der Waals surface area contributed by atoms with Crippen molar-refractivity contribution in [1.82, 2.24) is 30.2 Å². The molecule has 0 bridgehead atoms. The Bertz CT molecular complexity index is 884. The minimum absolute atomic E-state index is 0.0679. The van der Waals surface area contributed by atoms with Crippen LogP contribution in [0.4, 0.5) is 4.39 Å². The van der Waals surface area contributed by atoms with Gasteiger partial charge in [0.15, 0.2) is 0 Å². The first kappa shape index (κ1) is 17.1. The first-order chi connectivity index (χ1) is 12.7. The van der Waals surface area contributed by atoms with E-state index in [1.54, 1.807) is 23.0 Å². The smallest absolute Gasteiger partial charge is 0.141 e. The molecule has 1 saturated heterocycles. The van der Waals surface area contributed by atoms with Crippen LogP contribution in [0.2, 0.25) is 5.02 Å². The van der Waals surface area contributed by atoms with Crippen LogP contribution in [0.1, 0.15) is 17.3 Å². The molecular formula is C18H18ClFN6. The zero-order chi connectivity index (χ0) is 17.9. The summed E-state index contributed by atoms with van der Waals surface area (Å²) in [5.41, 5.74) is 2.71. The largest absolute Gasteiger partial charge is 0.314 e. The van der Waals surface area contributed by atoms with Crippen molar-refractivity contribution in [2.45, 2.75) is 12.6 Å². The van der Waals surface area contributed by atoms with E-state index >= 15 is 0 Å². The Hall–Kier alpha value is -2.35. The van der Waals surface area contributed by atoms with Gasteiger partial charge in [0.1, 0.15) is 5.82 Å². The summed E-state index contributed by atoms with van der Waals surface area (Å²) in [6, 6.07) is 8.78. The van der Waals surface area contributed by atoms with Crippen molar-refractivity contribution in [1.29, 1.82) is 0 Å². The maximum atomic E-state index is 13.3. The van der Waals surface area contributed by atoms with E-state index in [4.69, 9.17) is 11.6 Å². The van der Waals surface area contributed by atoms with Gasteiger partial charge in [-0.3, -0.25) is 9.88 Å². The standard InChI is InChI=1S/C18H18ClFN6/c19-16-8-15(3-4-17(16)20)26-12-14(23-24-26)11-25-7-6-22-10-18(25)13-2-1-5-21-9-13/h1-5,8-9,12,18,22H,6-7,10-11H2. The van der Waals surface area contributed by atoms with Crippen LogP contribution in [0.3, 0.4) is 0 Å². The quantitative estimate of drug-likeness (QED) is 0.762. The van der Waals surface area contributed by atoms with Crippen LogP contribution >= 0.6 is 11.6 Å². The van der Waals surface area contributed by atoms with Crippen molar-refractivity contribution >= 4 is 11.6 Å². The van der Waals surface area contributed by atoms with E-state index < -0.39 is 5.82 Å². The third kappa shape index (κ3) is 3.60. The molecule has 1 atom stereocenters. The molecule has 0 spiro atoms. The van der Waals surface area contributed by atoms with Crippen molar-refractivity contribution in [2.24, 2.45) is 0 Å². The average molecular weight is 373 g/mol. The van der Waals surface area contributed by atoms with Gasteiger partial charge in [0.25, 0.3) is 0 Å². The Morgan fingerprint density at radius 2 is 2.23 bits per heavy atom. The molecule has 0 radical (unpaired) electrons. The molecule has 6 nitrogen and oxygen atoms in total. The Morgan fingerprint density at radius 1 is 1.31 bits per heavy atom. The van der Waals surface area contributed by atoms with Crippen LogP contribution in [0.25, 0.3) is 5.69 Å². The summed E-state index contributed by atoms with van der Waals surface area (Å²) >= 11 is 5.86. The molecular weight excluding hydrogens is 355 g/mol.